The molecule has 0 aromatic carbocycles. The number of aromatic nitrogens is 2. The third-order valence-corrected chi connectivity index (χ3v) is 2.87. The lowest BCUT2D eigenvalue weighted by molar-refractivity contribution is 0.122. The van der Waals surface area contributed by atoms with Gasteiger partial charge < -0.3 is 19.8 Å². The first-order valence-electron chi connectivity index (χ1n) is 5.83. The van der Waals surface area contributed by atoms with E-state index in [-0.39, 0.29) is 0 Å². The van der Waals surface area contributed by atoms with Crippen LogP contribution >= 0.6 is 0 Å². The molecular weight excluding hydrogens is 232 g/mol. The number of ether oxygens (including phenoxy) is 1. The van der Waals surface area contributed by atoms with Crippen molar-refractivity contribution in [3.05, 3.63) is 24.6 Å². The Kier molecular flexibility index (Phi) is 2.85. The van der Waals surface area contributed by atoms with Crippen molar-refractivity contribution in [2.45, 2.75) is 0 Å². The summed E-state index contributed by atoms with van der Waals surface area (Å²) in [7, 11) is 0. The maximum Gasteiger partial charge on any atom is 0.172 e. The smallest absolute Gasteiger partial charge is 0.172 e. The van der Waals surface area contributed by atoms with Crippen LogP contribution in [0, 0.1) is 0 Å². The fourth-order valence-electron chi connectivity index (χ4n) is 1.94. The van der Waals surface area contributed by atoms with Gasteiger partial charge in [0.2, 0.25) is 0 Å². The monoisotopic (exact) mass is 246 g/mol. The molecule has 1 saturated heterocycles. The summed E-state index contributed by atoms with van der Waals surface area (Å²) in [5.41, 5.74) is 6.58. The molecule has 1 aliphatic heterocycles. The summed E-state index contributed by atoms with van der Waals surface area (Å²) in [4.78, 5) is 10.8. The van der Waals surface area contributed by atoms with Crippen LogP contribution in [0.4, 0.5) is 11.6 Å². The van der Waals surface area contributed by atoms with Crippen LogP contribution in [0.2, 0.25) is 0 Å². The molecule has 0 atom stereocenters. The summed E-state index contributed by atoms with van der Waals surface area (Å²) < 4.78 is 10.6. The highest BCUT2D eigenvalue weighted by atomic mass is 16.5. The van der Waals surface area contributed by atoms with Crippen LogP contribution in [-0.2, 0) is 4.74 Å². The van der Waals surface area contributed by atoms with E-state index in [2.05, 4.69) is 14.9 Å². The highest BCUT2D eigenvalue weighted by molar-refractivity contribution is 5.63. The van der Waals surface area contributed by atoms with Crippen molar-refractivity contribution in [3.63, 3.8) is 0 Å². The summed E-state index contributed by atoms with van der Waals surface area (Å²) >= 11 is 0. The average molecular weight is 246 g/mol. The van der Waals surface area contributed by atoms with Gasteiger partial charge in [-0.05, 0) is 12.1 Å². The molecule has 0 saturated carbocycles. The molecule has 6 nitrogen and oxygen atoms in total. The Balaban J connectivity index is 1.95. The molecule has 0 radical (unpaired) electrons. The standard InChI is InChI=1S/C12H14N4O2/c13-11-12(16-3-6-17-7-4-16)15-9(8-14-11)10-2-1-5-18-10/h1-2,5,8H,3-4,6-7H2,(H2,13,14). The van der Waals surface area contributed by atoms with Crippen LogP contribution in [0.1, 0.15) is 0 Å². The number of nitrogen functional groups attached to an aromatic ring is 1. The zero-order valence-corrected chi connectivity index (χ0v) is 9.87. The molecule has 2 aromatic rings. The molecule has 0 amide bonds. The molecule has 0 spiro atoms. The lowest BCUT2D eigenvalue weighted by Crippen LogP contribution is -2.37. The Hall–Kier alpha value is -2.08. The topological polar surface area (TPSA) is 77.4 Å². The first-order valence-corrected chi connectivity index (χ1v) is 5.83. The SMILES string of the molecule is Nc1ncc(-c2ccco2)nc1N1CCOCC1. The largest absolute Gasteiger partial charge is 0.463 e. The van der Waals surface area contributed by atoms with Crippen molar-refractivity contribution in [3.8, 4) is 11.5 Å². The van der Waals surface area contributed by atoms with Crippen LogP contribution < -0.4 is 10.6 Å². The van der Waals surface area contributed by atoms with Crippen LogP contribution in [0.25, 0.3) is 11.5 Å². The van der Waals surface area contributed by atoms with E-state index in [1.807, 2.05) is 12.1 Å². The molecule has 1 fully saturated rings. The van der Waals surface area contributed by atoms with E-state index in [0.29, 0.717) is 36.3 Å². The zero-order valence-electron chi connectivity index (χ0n) is 9.87. The van der Waals surface area contributed by atoms with Gasteiger partial charge in [0.15, 0.2) is 17.4 Å². The minimum absolute atomic E-state index is 0.437. The number of nitrogens with two attached hydrogens (primary N) is 1. The van der Waals surface area contributed by atoms with Gasteiger partial charge >= 0.3 is 0 Å². The Morgan fingerprint density at radius 3 is 2.83 bits per heavy atom. The number of hydrogen-bond donors (Lipinski definition) is 1. The predicted octanol–water partition coefficient (Wildman–Crippen LogP) is 1.16. The first kappa shape index (κ1) is 11.0. The highest BCUT2D eigenvalue weighted by Gasteiger charge is 2.17. The number of anilines is 2. The van der Waals surface area contributed by atoms with E-state index >= 15 is 0 Å². The molecule has 2 N–H and O–H groups in total. The first-order chi connectivity index (χ1) is 8.84. The fourth-order valence-corrected chi connectivity index (χ4v) is 1.94. The van der Waals surface area contributed by atoms with E-state index in [9.17, 15) is 0 Å². The number of hydrogen-bond acceptors (Lipinski definition) is 6. The van der Waals surface area contributed by atoms with Crippen LogP contribution in [0.15, 0.2) is 29.0 Å². The van der Waals surface area contributed by atoms with Crippen molar-refractivity contribution in [2.24, 2.45) is 0 Å². The fraction of sp³-hybridized carbons (Fsp3) is 0.333. The third kappa shape index (κ3) is 2.02. The third-order valence-electron chi connectivity index (χ3n) is 2.87. The van der Waals surface area contributed by atoms with E-state index in [1.165, 1.54) is 0 Å². The van der Waals surface area contributed by atoms with Gasteiger partial charge in [0.25, 0.3) is 0 Å². The van der Waals surface area contributed by atoms with E-state index < -0.39 is 0 Å². The van der Waals surface area contributed by atoms with E-state index in [1.54, 1.807) is 12.5 Å². The molecule has 94 valence electrons. The van der Waals surface area contributed by atoms with Crippen LogP contribution in [-0.4, -0.2) is 36.3 Å². The number of morpholine rings is 1. The summed E-state index contributed by atoms with van der Waals surface area (Å²) in [6, 6.07) is 3.67. The predicted molar refractivity (Wildman–Crippen MR) is 67.2 cm³/mol. The van der Waals surface area contributed by atoms with Crippen molar-refractivity contribution in [1.29, 1.82) is 0 Å². The molecular formula is C12H14N4O2. The van der Waals surface area contributed by atoms with Crippen molar-refractivity contribution in [1.82, 2.24) is 9.97 Å². The molecule has 2 aromatic heterocycles. The number of nitrogens with zero attached hydrogens (tertiary/aromatic N) is 3. The summed E-state index contributed by atoms with van der Waals surface area (Å²) in [6.07, 6.45) is 3.24. The number of rotatable bonds is 2. The van der Waals surface area contributed by atoms with Gasteiger partial charge in [-0.15, -0.1) is 0 Å². The molecule has 18 heavy (non-hydrogen) atoms. The molecule has 3 rings (SSSR count). The van der Waals surface area contributed by atoms with Gasteiger partial charge in [-0.1, -0.05) is 0 Å². The lowest BCUT2D eigenvalue weighted by Gasteiger charge is -2.28. The van der Waals surface area contributed by atoms with Crippen molar-refractivity contribution < 1.29 is 9.15 Å². The number of furan rings is 1. The van der Waals surface area contributed by atoms with Gasteiger partial charge in [-0.3, -0.25) is 0 Å². The van der Waals surface area contributed by atoms with Gasteiger partial charge in [-0.2, -0.15) is 0 Å². The highest BCUT2D eigenvalue weighted by Crippen LogP contribution is 2.24. The zero-order chi connectivity index (χ0) is 12.4. The maximum atomic E-state index is 5.89. The summed E-state index contributed by atoms with van der Waals surface area (Å²) in [6.45, 7) is 2.93. The second-order valence-corrected chi connectivity index (χ2v) is 4.04. The summed E-state index contributed by atoms with van der Waals surface area (Å²) in [5, 5.41) is 0. The van der Waals surface area contributed by atoms with Gasteiger partial charge in [0.1, 0.15) is 5.69 Å². The van der Waals surface area contributed by atoms with E-state index in [0.717, 1.165) is 13.1 Å². The van der Waals surface area contributed by atoms with Gasteiger partial charge in [0.05, 0.1) is 25.7 Å². The Bertz CT molecular complexity index is 521. The van der Waals surface area contributed by atoms with Crippen molar-refractivity contribution >= 4 is 11.6 Å². The summed E-state index contributed by atoms with van der Waals surface area (Å²) in [5.74, 6) is 1.83. The maximum absolute atomic E-state index is 5.89. The molecule has 3 heterocycles. The lowest BCUT2D eigenvalue weighted by atomic mass is 10.3. The Morgan fingerprint density at radius 1 is 1.28 bits per heavy atom. The van der Waals surface area contributed by atoms with Gasteiger partial charge in [-0.25, -0.2) is 9.97 Å². The van der Waals surface area contributed by atoms with E-state index in [4.69, 9.17) is 14.9 Å². The van der Waals surface area contributed by atoms with Crippen LogP contribution in [0.3, 0.4) is 0 Å². The minimum atomic E-state index is 0.437. The molecule has 0 aliphatic carbocycles. The Labute approximate surface area is 104 Å². The average Bonchev–Trinajstić information content (AvgIpc) is 2.94. The van der Waals surface area contributed by atoms with Crippen LogP contribution in [0.5, 0.6) is 0 Å². The normalized spacial score (nSPS) is 15.9. The second kappa shape index (κ2) is 4.66. The molecule has 6 heteroatoms. The molecule has 1 aliphatic rings. The molecule has 0 bridgehead atoms. The minimum Gasteiger partial charge on any atom is -0.463 e. The van der Waals surface area contributed by atoms with Crippen molar-refractivity contribution in [2.75, 3.05) is 36.9 Å². The van der Waals surface area contributed by atoms with Gasteiger partial charge in [0, 0.05) is 13.1 Å². The molecule has 0 unspecified atom stereocenters. The Morgan fingerprint density at radius 2 is 2.11 bits per heavy atom. The quantitative estimate of drug-likeness (QED) is 0.856. The second-order valence-electron chi connectivity index (χ2n) is 4.04.